The van der Waals surface area contributed by atoms with Gasteiger partial charge in [-0.2, -0.15) is 38.1 Å². The van der Waals surface area contributed by atoms with Crippen molar-refractivity contribution in [3.8, 4) is 5.75 Å². The molecule has 0 spiro atoms. The lowest BCUT2D eigenvalue weighted by atomic mass is 9.92. The summed E-state index contributed by atoms with van der Waals surface area (Å²) in [7, 11) is 1.01. The third-order valence-corrected chi connectivity index (χ3v) is 26.6. The van der Waals surface area contributed by atoms with E-state index in [0.29, 0.717) is 32.5 Å². The zero-order valence-corrected chi connectivity index (χ0v) is 86.9. The summed E-state index contributed by atoms with van der Waals surface area (Å²) in [6.07, 6.45) is -11.4. The molecule has 42 nitrogen and oxygen atoms in total. The third-order valence-electron chi connectivity index (χ3n) is 25.9. The molecule has 49 heteroatoms. The number of nitrogens with two attached hydrogens (primary N) is 1. The van der Waals surface area contributed by atoms with E-state index >= 15 is 43.2 Å². The largest absolute Gasteiger partial charge is 0.508 e. The molecule has 4 heterocycles. The Labute approximate surface area is 864 Å². The number of primary amides is 1. The van der Waals surface area contributed by atoms with Crippen molar-refractivity contribution in [1.29, 1.82) is 5.41 Å². The van der Waals surface area contributed by atoms with E-state index in [1.165, 1.54) is 92.7 Å². The van der Waals surface area contributed by atoms with Crippen molar-refractivity contribution in [2.24, 2.45) is 47.2 Å². The molecule has 0 bridgehead atoms. The van der Waals surface area contributed by atoms with Crippen molar-refractivity contribution in [3.05, 3.63) is 102 Å². The number of aromatic amines is 1. The second kappa shape index (κ2) is 57.3. The molecule has 4 aromatic rings. The van der Waals surface area contributed by atoms with Crippen LogP contribution in [0.4, 0.5) is 26.3 Å². The second-order valence-corrected chi connectivity index (χ2v) is 40.8. The molecule has 3 fully saturated rings. The number of hydrogen-bond donors (Lipinski definition) is 20. The van der Waals surface area contributed by atoms with Gasteiger partial charge >= 0.3 is 24.2 Å². The Kier molecular flexibility index (Phi) is 47.1. The molecule has 0 unspecified atom stereocenters. The van der Waals surface area contributed by atoms with Gasteiger partial charge in [-0.05, 0) is 153 Å². The van der Waals surface area contributed by atoms with E-state index in [2.05, 4.69) is 74.1 Å². The summed E-state index contributed by atoms with van der Waals surface area (Å²) in [6, 6.07) is -3.67. The number of carbonyl (C=O) groups is 19. The van der Waals surface area contributed by atoms with E-state index in [0.717, 1.165) is 7.05 Å². The number of H-pyrrole nitrogens is 1. The maximum absolute atomic E-state index is 15.7. The molecule has 0 aliphatic carbocycles. The monoisotopic (exact) mass is 2120 g/mol. The van der Waals surface area contributed by atoms with Crippen LogP contribution < -0.4 is 85.5 Å². The van der Waals surface area contributed by atoms with Gasteiger partial charge in [-0.3, -0.25) is 102 Å². The molecule has 16 atom stereocenters. The number of phenols is 1. The second-order valence-electron chi connectivity index (χ2n) is 39.8. The predicted molar refractivity (Wildman–Crippen MR) is 536 cm³/mol. The fourth-order valence-electron chi connectivity index (χ4n) is 17.6. The number of thioether (sulfide) groups is 1. The number of aliphatic hydroxyl groups excluding tert-OH is 1. The Morgan fingerprint density at radius 3 is 1.42 bits per heavy atom. The topological polar surface area (TPSA) is 621 Å². The minimum atomic E-state index is -5.45. The molecule has 7 rings (SSSR count). The highest BCUT2D eigenvalue weighted by Gasteiger charge is 2.48. The number of unbranched alkanes of at least 4 members (excludes halogenated alkanes) is 1. The van der Waals surface area contributed by atoms with Gasteiger partial charge in [-0.25, -0.2) is 0 Å². The highest BCUT2D eigenvalue weighted by atomic mass is 32.2. The summed E-state index contributed by atoms with van der Waals surface area (Å²) in [5, 5.41) is 67.1. The third kappa shape index (κ3) is 36.7. The van der Waals surface area contributed by atoms with Gasteiger partial charge in [-0.15, -0.1) is 0 Å². The number of phenolic OH excluding ortho intramolecular Hbond substituents is 1. The number of likely N-dealkylation sites (N-methyl/N-ethyl adjacent to an activating group) is 1. The van der Waals surface area contributed by atoms with E-state index in [1.807, 2.05) is 0 Å². The van der Waals surface area contributed by atoms with Crippen LogP contribution >= 0.6 is 11.8 Å². The zero-order chi connectivity index (χ0) is 111. The van der Waals surface area contributed by atoms with Crippen LogP contribution in [0.25, 0.3) is 10.9 Å². The number of nitrogens with zero attached hydrogens (tertiary/aromatic N) is 3. The minimum Gasteiger partial charge on any atom is -0.508 e. The number of rotatable bonds is 28. The summed E-state index contributed by atoms with van der Waals surface area (Å²) < 4.78 is 80.1. The van der Waals surface area contributed by atoms with Gasteiger partial charge in [0.2, 0.25) is 94.5 Å². The number of aliphatic hydroxyl groups is 1. The Hall–Kier alpha value is -13.5. The van der Waals surface area contributed by atoms with Crippen LogP contribution in [0.2, 0.25) is 0 Å². The normalized spacial score (nSPS) is 24.5. The first-order chi connectivity index (χ1) is 70.0. The molecule has 21 N–H and O–H groups in total. The molecule has 1 aromatic heterocycles. The number of fused-ring (bicyclic) bond motifs is 3. The summed E-state index contributed by atoms with van der Waals surface area (Å²) in [6.45, 7) is 16.3. The van der Waals surface area contributed by atoms with Gasteiger partial charge < -0.3 is 110 Å². The highest BCUT2D eigenvalue weighted by Crippen LogP contribution is 2.30. The number of benzene rings is 3. The van der Waals surface area contributed by atoms with Gasteiger partial charge in [0.25, 0.3) is 0 Å². The smallest absolute Gasteiger partial charge is 0.471 e. The maximum atomic E-state index is 15.7. The SMILES string of the molecule is CSCC[C@@H]1NC(=O)[C@@H](C(C)C)NC(=O)[C@H](C(C)C)NC(=O)[C@H](Cc2ccc(O)cc2)NC(=O)[C@H](Cc2ccccc2)NC(=O)[C@H](CCCNC(=N)NC(=O)C(F)(F)F)N(C)C(=O)[C@H](CC(N)=O)NC(=O)[C@H](C(C)C)NC(=O)[C@H](C(C)C)NC(=O)[C@H](CCCCNC(=O)C(F)(F)F)NC(=O)[C@H](C(C)C)NC(=O)[C@H](CO)CC(=O)[C@H](CC(C)C)NC(=O)[C@@H]2CCCN2C(=O)[C@H]2CCCN2C(=O)[C@H](Cc2c[nH]c3ccccc23)NC1=O. The number of nitrogens with one attached hydrogen (secondary N) is 17. The average molecular weight is 2120 g/mol. The van der Waals surface area contributed by atoms with Gasteiger partial charge in [-0.1, -0.05) is 144 Å². The Morgan fingerprint density at radius 1 is 0.463 bits per heavy atom. The number of aromatic hydroxyl groups is 1. The van der Waals surface area contributed by atoms with Crippen LogP contribution in [0.15, 0.2) is 85.1 Å². The van der Waals surface area contributed by atoms with Crippen LogP contribution in [0.1, 0.15) is 183 Å². The zero-order valence-electron chi connectivity index (χ0n) is 86.1. The van der Waals surface area contributed by atoms with E-state index in [9.17, 15) is 84.5 Å². The number of para-hydroxylation sites is 1. The Bertz CT molecular complexity index is 5360. The molecule has 3 saturated heterocycles. The fraction of sp³-hybridized carbons (Fsp3) is 0.600. The number of ketones is 1. The van der Waals surface area contributed by atoms with Crippen molar-refractivity contribution >= 4 is 141 Å². The highest BCUT2D eigenvalue weighted by molar-refractivity contribution is 7.98. The quantitative estimate of drug-likeness (QED) is 0.0167. The maximum Gasteiger partial charge on any atom is 0.471 e. The summed E-state index contributed by atoms with van der Waals surface area (Å²) in [5.41, 5.74) is 7.64. The molecule has 0 saturated carbocycles. The number of halogens is 6. The number of amides is 18. The van der Waals surface area contributed by atoms with Crippen molar-refractivity contribution in [1.82, 2.24) is 99.4 Å². The first kappa shape index (κ1) is 122. The van der Waals surface area contributed by atoms with Crippen molar-refractivity contribution in [3.63, 3.8) is 0 Å². The predicted octanol–water partition coefficient (Wildman–Crippen LogP) is 1.90. The van der Waals surface area contributed by atoms with Crippen LogP contribution in [-0.2, 0) is 110 Å². The van der Waals surface area contributed by atoms with Gasteiger partial charge in [0.1, 0.15) is 90.3 Å². The van der Waals surface area contributed by atoms with Crippen LogP contribution in [0.3, 0.4) is 0 Å². The van der Waals surface area contributed by atoms with E-state index < -0.39 is 321 Å². The molecular formula is C100H143F6N21O21S. The average Bonchev–Trinajstić information content (AvgIpc) is 1.65. The van der Waals surface area contributed by atoms with E-state index in [4.69, 9.17) is 11.1 Å². The van der Waals surface area contributed by atoms with E-state index in [1.54, 1.807) is 114 Å². The number of guanidine groups is 1. The van der Waals surface area contributed by atoms with Crippen molar-refractivity contribution in [2.75, 3.05) is 51.8 Å². The molecule has 3 aromatic carbocycles. The lowest BCUT2D eigenvalue weighted by Gasteiger charge is -2.34. The minimum absolute atomic E-state index is 0.000353. The van der Waals surface area contributed by atoms with Crippen molar-refractivity contribution < 1.29 is 128 Å². The number of carbonyl (C=O) groups excluding carboxylic acids is 19. The van der Waals surface area contributed by atoms with Crippen LogP contribution in [0, 0.1) is 46.8 Å². The summed E-state index contributed by atoms with van der Waals surface area (Å²) >= 11 is 1.31. The van der Waals surface area contributed by atoms with E-state index in [-0.39, 0.29) is 88.3 Å². The summed E-state index contributed by atoms with van der Waals surface area (Å²) in [5.74, 6) is -29.5. The Balaban J connectivity index is 1.34. The number of aromatic nitrogens is 1. The molecule has 822 valence electrons. The lowest BCUT2D eigenvalue weighted by molar-refractivity contribution is -0.173. The molecule has 3 aliphatic heterocycles. The first-order valence-electron chi connectivity index (χ1n) is 49.9. The van der Waals surface area contributed by atoms with Gasteiger partial charge in [0, 0.05) is 76.0 Å². The lowest BCUT2D eigenvalue weighted by Crippen LogP contribution is -2.63. The first-order valence-corrected chi connectivity index (χ1v) is 51.3. The fourth-order valence-corrected chi connectivity index (χ4v) is 18.1. The number of Topliss-reactive ketones (excluding diaryl/α,β-unsaturated/α-hetero) is 1. The van der Waals surface area contributed by atoms with Crippen LogP contribution in [-0.4, -0.2) is 303 Å². The van der Waals surface area contributed by atoms with Crippen molar-refractivity contribution in [2.45, 2.75) is 289 Å². The van der Waals surface area contributed by atoms with Crippen LogP contribution in [0.5, 0.6) is 5.75 Å². The molecular weight excluding hydrogens is 1980 g/mol. The van der Waals surface area contributed by atoms with Gasteiger partial charge in [0.05, 0.1) is 25.0 Å². The number of hydrogen-bond acceptors (Lipinski definition) is 23. The molecule has 3 aliphatic rings. The number of alkyl halides is 6. The standard InChI is InChI=1S/C100H143F6N21O21S/c1-51(2)43-66-74(130)47-60(50-128)81(132)119-76(52(3)4)88(139)112-64(29-20-21-38-109-96(147)99(101,102)103)83(134)120-79(55(9)10)91(142)123-78(54(7)8)90(141)118-70(48-75(107)131)93(144)125(13)71(30-22-39-110-98(108)124-97(148)100(104,105)106)86(137)116-67(44-57-25-16-15-17-26-57)84(135)115-68(45-58-33-35-61(129)36-34-58)85(136)121-80(56(11)12)92(143)122-77(53(5)6)89(140)113-65(37-42-149-14)82(133)117-69(46-59-49-111-63-28-19-18-27-62(59)63)94(145)127-41-24-32-73(127)95(146)126-40-23-31-72(126)87(138)114-66/h15-19,25-28,33-36,49,51-56,60,64-73,76-80,111,128-129H,20-24,29-32,37-48,50H2,1-14H3,(H2,107,131)(H,109,147)(H,112,139)(H,113,140)(H,114,138)(H,115,135)(H,116,137)(H,117,133)(H,118,141)(H,119,132)(H,120,134)(H,121,136)(H,122,143)(H,123,142)(H3,108,110,124,148)/t60-,64-,65-,66-,67-,68-,69-,70-,71-,72-,73+,76-,77+,78-,79-,80-/m0/s1. The molecule has 149 heavy (non-hydrogen) atoms. The molecule has 18 amide bonds. The molecule has 0 radical (unpaired) electrons. The van der Waals surface area contributed by atoms with Gasteiger partial charge in [0.15, 0.2) is 11.7 Å². The summed E-state index contributed by atoms with van der Waals surface area (Å²) in [4.78, 5) is 285. The Morgan fingerprint density at radius 2 is 0.899 bits per heavy atom.